The number of carboxylic acids is 1. The molecule has 9 nitrogen and oxygen atoms in total. The van der Waals surface area contributed by atoms with Crippen LogP contribution < -0.4 is 5.32 Å². The van der Waals surface area contributed by atoms with Crippen molar-refractivity contribution in [1.82, 2.24) is 15.3 Å². The van der Waals surface area contributed by atoms with E-state index in [1.807, 2.05) is 0 Å². The van der Waals surface area contributed by atoms with Crippen molar-refractivity contribution >= 4 is 23.9 Å². The molecule has 0 bridgehead atoms. The van der Waals surface area contributed by atoms with Crippen molar-refractivity contribution in [3.05, 3.63) is 0 Å². The minimum absolute atomic E-state index is 0.0588. The van der Waals surface area contributed by atoms with Gasteiger partial charge >= 0.3 is 12.1 Å². The van der Waals surface area contributed by atoms with E-state index in [0.717, 1.165) is 12.1 Å². The van der Waals surface area contributed by atoms with Crippen LogP contribution in [0, 0.1) is 0 Å². The molecule has 0 aromatic heterocycles. The highest BCUT2D eigenvalue weighted by Gasteiger charge is 2.44. The SMILES string of the molecule is COC(=O)N[C@H]1CCC(=O)N2CCC[C@@H](C(=O)O)N2C1=O. The molecule has 0 radical (unpaired) electrons. The number of carboxylic acid groups (broad SMARTS) is 1. The Morgan fingerprint density at radius 2 is 2.05 bits per heavy atom. The highest BCUT2D eigenvalue weighted by molar-refractivity contribution is 5.93. The lowest BCUT2D eigenvalue weighted by molar-refractivity contribution is -0.180. The fourth-order valence-corrected chi connectivity index (χ4v) is 2.59. The van der Waals surface area contributed by atoms with Gasteiger partial charge in [0.1, 0.15) is 6.04 Å². The van der Waals surface area contributed by atoms with Crippen molar-refractivity contribution in [3.63, 3.8) is 0 Å². The van der Waals surface area contributed by atoms with E-state index in [9.17, 15) is 24.3 Å². The average Bonchev–Trinajstić information content (AvgIpc) is 2.59. The summed E-state index contributed by atoms with van der Waals surface area (Å²) in [5.74, 6) is -2.08. The maximum Gasteiger partial charge on any atom is 0.407 e. The number of hydrogen-bond acceptors (Lipinski definition) is 5. The molecule has 9 heteroatoms. The molecule has 21 heavy (non-hydrogen) atoms. The van der Waals surface area contributed by atoms with E-state index in [0.29, 0.717) is 13.0 Å². The number of amides is 3. The Labute approximate surface area is 120 Å². The van der Waals surface area contributed by atoms with Gasteiger partial charge in [-0.05, 0) is 19.3 Å². The largest absolute Gasteiger partial charge is 0.480 e. The third kappa shape index (κ3) is 2.91. The van der Waals surface area contributed by atoms with Crippen LogP contribution in [0.5, 0.6) is 0 Å². The minimum atomic E-state index is -1.17. The van der Waals surface area contributed by atoms with Crippen molar-refractivity contribution < 1.29 is 29.0 Å². The van der Waals surface area contributed by atoms with Gasteiger partial charge in [-0.2, -0.15) is 0 Å². The summed E-state index contributed by atoms with van der Waals surface area (Å²) in [6, 6.07) is -2.05. The summed E-state index contributed by atoms with van der Waals surface area (Å²) in [7, 11) is 1.16. The minimum Gasteiger partial charge on any atom is -0.480 e. The third-order valence-electron chi connectivity index (χ3n) is 3.62. The zero-order valence-electron chi connectivity index (χ0n) is 11.6. The molecule has 2 rings (SSSR count). The summed E-state index contributed by atoms with van der Waals surface area (Å²) in [6.07, 6.45) is 0.172. The van der Waals surface area contributed by atoms with Gasteiger partial charge in [0.2, 0.25) is 5.91 Å². The predicted molar refractivity (Wildman–Crippen MR) is 67.8 cm³/mol. The number of hydrogen-bond donors (Lipinski definition) is 2. The highest BCUT2D eigenvalue weighted by atomic mass is 16.5. The van der Waals surface area contributed by atoms with Gasteiger partial charge in [-0.1, -0.05) is 0 Å². The Morgan fingerprint density at radius 3 is 2.67 bits per heavy atom. The molecule has 2 N–H and O–H groups in total. The number of ether oxygens (including phenoxy) is 1. The maximum atomic E-state index is 12.5. The Balaban J connectivity index is 2.28. The Morgan fingerprint density at radius 1 is 1.33 bits per heavy atom. The van der Waals surface area contributed by atoms with Crippen molar-refractivity contribution in [1.29, 1.82) is 0 Å². The van der Waals surface area contributed by atoms with Crippen molar-refractivity contribution in [2.45, 2.75) is 37.8 Å². The van der Waals surface area contributed by atoms with E-state index in [1.165, 1.54) is 5.01 Å². The number of fused-ring (bicyclic) bond motifs is 1. The topological polar surface area (TPSA) is 116 Å². The quantitative estimate of drug-likeness (QED) is 0.698. The van der Waals surface area contributed by atoms with Crippen LogP contribution in [0.25, 0.3) is 0 Å². The monoisotopic (exact) mass is 299 g/mol. The van der Waals surface area contributed by atoms with Gasteiger partial charge < -0.3 is 15.2 Å². The van der Waals surface area contributed by atoms with Crippen LogP contribution in [0.2, 0.25) is 0 Å². The molecule has 2 fully saturated rings. The van der Waals surface area contributed by atoms with E-state index in [2.05, 4.69) is 10.1 Å². The molecule has 116 valence electrons. The molecular formula is C12H17N3O6. The number of hydrazine groups is 1. The number of carbonyl (C=O) groups is 4. The Bertz CT molecular complexity index is 480. The highest BCUT2D eigenvalue weighted by Crippen LogP contribution is 2.24. The first kappa shape index (κ1) is 15.1. The molecule has 0 aromatic carbocycles. The van der Waals surface area contributed by atoms with E-state index in [4.69, 9.17) is 0 Å². The smallest absolute Gasteiger partial charge is 0.407 e. The Hall–Kier alpha value is -2.32. The number of rotatable bonds is 2. The van der Waals surface area contributed by atoms with Crippen molar-refractivity contribution in [3.8, 4) is 0 Å². The van der Waals surface area contributed by atoms with Crippen LogP contribution in [0.15, 0.2) is 0 Å². The van der Waals surface area contributed by atoms with Gasteiger partial charge in [-0.15, -0.1) is 0 Å². The number of aliphatic carboxylic acids is 1. The summed E-state index contributed by atoms with van der Waals surface area (Å²) in [5.41, 5.74) is 0. The molecule has 2 atom stereocenters. The molecular weight excluding hydrogens is 282 g/mol. The Kier molecular flexibility index (Phi) is 4.29. The van der Waals surface area contributed by atoms with E-state index >= 15 is 0 Å². The molecule has 3 amide bonds. The zero-order valence-corrected chi connectivity index (χ0v) is 11.6. The summed E-state index contributed by atoms with van der Waals surface area (Å²) in [4.78, 5) is 47.1. The lowest BCUT2D eigenvalue weighted by atomic mass is 10.1. The van der Waals surface area contributed by atoms with E-state index < -0.39 is 30.1 Å². The third-order valence-corrected chi connectivity index (χ3v) is 3.62. The van der Waals surface area contributed by atoms with Gasteiger partial charge in [0.05, 0.1) is 7.11 Å². The lowest BCUT2D eigenvalue weighted by Gasteiger charge is -2.41. The number of methoxy groups -OCH3 is 1. The van der Waals surface area contributed by atoms with E-state index in [-0.39, 0.29) is 25.2 Å². The first-order valence-corrected chi connectivity index (χ1v) is 6.66. The van der Waals surface area contributed by atoms with Gasteiger partial charge in [-0.3, -0.25) is 14.6 Å². The standard InChI is InChI=1S/C12H17N3O6/c1-21-12(20)13-7-4-5-9(16)14-6-2-3-8(11(18)19)15(14)10(7)17/h7-8H,2-6H2,1H3,(H,13,20)(H,18,19)/t7-,8-/m0/s1. The molecule has 2 saturated heterocycles. The van der Waals surface area contributed by atoms with Crippen LogP contribution in [-0.2, 0) is 19.1 Å². The second kappa shape index (κ2) is 5.98. The molecule has 2 heterocycles. The van der Waals surface area contributed by atoms with Gasteiger partial charge in [0.25, 0.3) is 5.91 Å². The molecule has 2 aliphatic rings. The molecule has 0 aromatic rings. The summed E-state index contributed by atoms with van der Waals surface area (Å²) in [5, 5.41) is 13.7. The fraction of sp³-hybridized carbons (Fsp3) is 0.667. The molecule has 0 aliphatic carbocycles. The van der Waals surface area contributed by atoms with Gasteiger partial charge in [-0.25, -0.2) is 14.6 Å². The zero-order chi connectivity index (χ0) is 15.6. The first-order valence-electron chi connectivity index (χ1n) is 6.66. The van der Waals surface area contributed by atoms with Crippen molar-refractivity contribution in [2.24, 2.45) is 0 Å². The number of nitrogens with zero attached hydrogens (tertiary/aromatic N) is 2. The van der Waals surface area contributed by atoms with Crippen LogP contribution in [0.4, 0.5) is 4.79 Å². The van der Waals surface area contributed by atoms with E-state index in [1.54, 1.807) is 0 Å². The second-order valence-corrected chi connectivity index (χ2v) is 4.92. The van der Waals surface area contributed by atoms with Gasteiger partial charge in [0, 0.05) is 13.0 Å². The number of carbonyl (C=O) groups excluding carboxylic acids is 3. The van der Waals surface area contributed by atoms with Crippen molar-refractivity contribution in [2.75, 3.05) is 13.7 Å². The normalized spacial score (nSPS) is 26.0. The predicted octanol–water partition coefficient (Wildman–Crippen LogP) is -0.676. The average molecular weight is 299 g/mol. The summed E-state index contributed by atoms with van der Waals surface area (Å²) >= 11 is 0. The summed E-state index contributed by atoms with van der Waals surface area (Å²) in [6.45, 7) is 0.305. The van der Waals surface area contributed by atoms with Gasteiger partial charge in [0.15, 0.2) is 6.04 Å². The molecule has 0 spiro atoms. The van der Waals surface area contributed by atoms with Crippen LogP contribution >= 0.6 is 0 Å². The fourth-order valence-electron chi connectivity index (χ4n) is 2.59. The molecule has 2 aliphatic heterocycles. The van der Waals surface area contributed by atoms with Crippen LogP contribution in [0.3, 0.4) is 0 Å². The number of alkyl carbamates (subject to hydrolysis) is 1. The maximum absolute atomic E-state index is 12.5. The molecule has 0 unspecified atom stereocenters. The lowest BCUT2D eigenvalue weighted by Crippen LogP contribution is -2.62. The van der Waals surface area contributed by atoms with Crippen LogP contribution in [0.1, 0.15) is 25.7 Å². The molecule has 0 saturated carbocycles. The summed E-state index contributed by atoms with van der Waals surface area (Å²) < 4.78 is 4.44. The van der Waals surface area contributed by atoms with Crippen LogP contribution in [-0.4, -0.2) is 64.7 Å². The first-order chi connectivity index (χ1) is 9.95. The number of nitrogens with one attached hydrogen (secondary N) is 1. The second-order valence-electron chi connectivity index (χ2n) is 4.92.